The van der Waals surface area contributed by atoms with E-state index in [9.17, 15) is 0 Å². The van der Waals surface area contributed by atoms with Gasteiger partial charge in [-0.15, -0.1) is 11.3 Å². The van der Waals surface area contributed by atoms with Gasteiger partial charge < -0.3 is 10.5 Å². The zero-order chi connectivity index (χ0) is 13.0. The van der Waals surface area contributed by atoms with Gasteiger partial charge in [0.25, 0.3) is 0 Å². The van der Waals surface area contributed by atoms with Gasteiger partial charge in [-0.2, -0.15) is 0 Å². The molecule has 2 nitrogen and oxygen atoms in total. The van der Waals surface area contributed by atoms with Gasteiger partial charge in [-0.25, -0.2) is 0 Å². The van der Waals surface area contributed by atoms with E-state index in [0.717, 1.165) is 10.1 Å². The van der Waals surface area contributed by atoms with E-state index in [2.05, 4.69) is 12.1 Å². The minimum Gasteiger partial charge on any atom is -0.494 e. The Labute approximate surface area is 116 Å². The largest absolute Gasteiger partial charge is 0.494 e. The van der Waals surface area contributed by atoms with E-state index in [0.29, 0.717) is 13.2 Å². The van der Waals surface area contributed by atoms with Crippen LogP contribution in [0.1, 0.15) is 23.3 Å². The highest BCUT2D eigenvalue weighted by molar-refractivity contribution is 7.16. The average Bonchev–Trinajstić information content (AvgIpc) is 2.78. The molecule has 0 bridgehead atoms. The van der Waals surface area contributed by atoms with Crippen molar-refractivity contribution in [3.8, 4) is 5.75 Å². The summed E-state index contributed by atoms with van der Waals surface area (Å²) in [5, 5.41) is 0. The van der Waals surface area contributed by atoms with Crippen LogP contribution >= 0.6 is 22.9 Å². The molecule has 2 rings (SSSR count). The fourth-order valence-corrected chi connectivity index (χ4v) is 3.12. The molecule has 0 aliphatic carbocycles. The molecule has 0 aliphatic heterocycles. The normalized spacial score (nSPS) is 12.4. The summed E-state index contributed by atoms with van der Waals surface area (Å²) >= 11 is 7.56. The molecule has 1 aromatic carbocycles. The van der Waals surface area contributed by atoms with Gasteiger partial charge in [0, 0.05) is 17.3 Å². The average molecular weight is 282 g/mol. The summed E-state index contributed by atoms with van der Waals surface area (Å²) in [6.45, 7) is 3.21. The van der Waals surface area contributed by atoms with Crippen molar-refractivity contribution in [2.24, 2.45) is 5.73 Å². The van der Waals surface area contributed by atoms with Gasteiger partial charge in [-0.3, -0.25) is 0 Å². The quantitative estimate of drug-likeness (QED) is 0.902. The zero-order valence-electron chi connectivity index (χ0n) is 10.2. The molecule has 0 saturated carbocycles. The topological polar surface area (TPSA) is 35.2 Å². The van der Waals surface area contributed by atoms with Gasteiger partial charge in [0.2, 0.25) is 0 Å². The monoisotopic (exact) mass is 281 g/mol. The molecule has 2 N–H and O–H groups in total. The highest BCUT2D eigenvalue weighted by Crippen LogP contribution is 2.33. The van der Waals surface area contributed by atoms with Gasteiger partial charge in [0.1, 0.15) is 5.75 Å². The Morgan fingerprint density at radius 3 is 2.78 bits per heavy atom. The number of hydrogen-bond acceptors (Lipinski definition) is 3. The summed E-state index contributed by atoms with van der Waals surface area (Å²) < 4.78 is 6.31. The Morgan fingerprint density at radius 2 is 2.17 bits per heavy atom. The van der Waals surface area contributed by atoms with E-state index < -0.39 is 0 Å². The van der Waals surface area contributed by atoms with E-state index in [4.69, 9.17) is 22.1 Å². The summed E-state index contributed by atoms with van der Waals surface area (Å²) in [5.41, 5.74) is 7.06. The van der Waals surface area contributed by atoms with Crippen LogP contribution in [0.5, 0.6) is 5.75 Å². The molecule has 18 heavy (non-hydrogen) atoms. The third-order valence-corrected chi connectivity index (χ3v) is 4.09. The molecule has 0 fully saturated rings. The molecule has 4 heteroatoms. The Balaban J connectivity index is 2.29. The van der Waals surface area contributed by atoms with E-state index in [-0.39, 0.29) is 5.92 Å². The van der Waals surface area contributed by atoms with E-state index in [1.165, 1.54) is 10.4 Å². The van der Waals surface area contributed by atoms with Crippen molar-refractivity contribution >= 4 is 22.9 Å². The fourth-order valence-electron chi connectivity index (χ4n) is 1.92. The van der Waals surface area contributed by atoms with Crippen molar-refractivity contribution < 1.29 is 4.74 Å². The first-order valence-corrected chi connectivity index (χ1v) is 7.12. The molecular weight excluding hydrogens is 266 g/mol. The number of nitrogens with two attached hydrogens (primary N) is 1. The van der Waals surface area contributed by atoms with Gasteiger partial charge in [-0.1, -0.05) is 23.7 Å². The van der Waals surface area contributed by atoms with Gasteiger partial charge in [0.15, 0.2) is 0 Å². The number of rotatable bonds is 5. The van der Waals surface area contributed by atoms with Crippen molar-refractivity contribution in [2.45, 2.75) is 12.8 Å². The van der Waals surface area contributed by atoms with Crippen molar-refractivity contribution in [3.63, 3.8) is 0 Å². The van der Waals surface area contributed by atoms with Crippen LogP contribution in [0.2, 0.25) is 4.34 Å². The summed E-state index contributed by atoms with van der Waals surface area (Å²) in [7, 11) is 0. The third kappa shape index (κ3) is 3.05. The Kier molecular flexibility index (Phi) is 4.64. The first kappa shape index (κ1) is 13.4. The summed E-state index contributed by atoms with van der Waals surface area (Å²) in [4.78, 5) is 1.19. The Morgan fingerprint density at radius 1 is 1.33 bits per heavy atom. The van der Waals surface area contributed by atoms with Crippen LogP contribution in [0.25, 0.3) is 0 Å². The maximum atomic E-state index is 5.98. The first-order chi connectivity index (χ1) is 8.74. The van der Waals surface area contributed by atoms with Crippen LogP contribution in [-0.2, 0) is 0 Å². The van der Waals surface area contributed by atoms with Crippen LogP contribution < -0.4 is 10.5 Å². The second-order valence-electron chi connectivity index (χ2n) is 3.94. The molecule has 0 aliphatic rings. The number of ether oxygens (including phenoxy) is 1. The fraction of sp³-hybridized carbons (Fsp3) is 0.286. The number of halogens is 1. The second kappa shape index (κ2) is 6.23. The molecule has 0 saturated heterocycles. The van der Waals surface area contributed by atoms with E-state index in [1.807, 2.05) is 31.2 Å². The van der Waals surface area contributed by atoms with E-state index >= 15 is 0 Å². The maximum absolute atomic E-state index is 5.98. The highest BCUT2D eigenvalue weighted by Gasteiger charge is 2.15. The lowest BCUT2D eigenvalue weighted by Gasteiger charge is -2.14. The van der Waals surface area contributed by atoms with Crippen molar-refractivity contribution in [2.75, 3.05) is 13.2 Å². The van der Waals surface area contributed by atoms with Gasteiger partial charge >= 0.3 is 0 Å². The Hall–Kier alpha value is -1.03. The van der Waals surface area contributed by atoms with Gasteiger partial charge in [-0.05, 0) is 36.8 Å². The van der Waals surface area contributed by atoms with Gasteiger partial charge in [0.05, 0.1) is 10.9 Å². The summed E-state index contributed by atoms with van der Waals surface area (Å²) in [5.74, 6) is 1.07. The molecule has 1 heterocycles. The molecule has 0 radical (unpaired) electrons. The van der Waals surface area contributed by atoms with Crippen LogP contribution in [-0.4, -0.2) is 13.2 Å². The minimum atomic E-state index is 0.183. The second-order valence-corrected chi connectivity index (χ2v) is 5.68. The van der Waals surface area contributed by atoms with Crippen molar-refractivity contribution in [1.29, 1.82) is 0 Å². The Bertz CT molecular complexity index is 512. The van der Waals surface area contributed by atoms with Crippen molar-refractivity contribution in [1.82, 2.24) is 0 Å². The SMILES string of the molecule is CCOc1cccc(C(CN)c2ccc(Cl)s2)c1. The van der Waals surface area contributed by atoms with Crippen LogP contribution in [0, 0.1) is 0 Å². The molecule has 1 aromatic heterocycles. The maximum Gasteiger partial charge on any atom is 0.119 e. The standard InChI is InChI=1S/C14H16ClNOS/c1-2-17-11-5-3-4-10(8-11)12(9-16)13-6-7-14(15)18-13/h3-8,12H,2,9,16H2,1H3. The van der Waals surface area contributed by atoms with Crippen LogP contribution in [0.3, 0.4) is 0 Å². The highest BCUT2D eigenvalue weighted by atomic mass is 35.5. The number of thiophene rings is 1. The smallest absolute Gasteiger partial charge is 0.119 e. The molecule has 1 atom stereocenters. The van der Waals surface area contributed by atoms with E-state index in [1.54, 1.807) is 11.3 Å². The first-order valence-electron chi connectivity index (χ1n) is 5.92. The predicted octanol–water partition coefficient (Wildman–Crippen LogP) is 3.89. The summed E-state index contributed by atoms with van der Waals surface area (Å²) in [6, 6.07) is 12.0. The molecule has 96 valence electrons. The molecule has 1 unspecified atom stereocenters. The third-order valence-electron chi connectivity index (χ3n) is 2.74. The lowest BCUT2D eigenvalue weighted by atomic mass is 9.97. The predicted molar refractivity (Wildman–Crippen MR) is 77.8 cm³/mol. The minimum absolute atomic E-state index is 0.183. The molecule has 0 amide bonds. The molecule has 2 aromatic rings. The zero-order valence-corrected chi connectivity index (χ0v) is 11.8. The lowest BCUT2D eigenvalue weighted by molar-refractivity contribution is 0.340. The van der Waals surface area contributed by atoms with Crippen molar-refractivity contribution in [3.05, 3.63) is 51.2 Å². The van der Waals surface area contributed by atoms with Crippen LogP contribution in [0.15, 0.2) is 36.4 Å². The molecule has 0 spiro atoms. The molecular formula is C14H16ClNOS. The number of hydrogen-bond donors (Lipinski definition) is 1. The van der Waals surface area contributed by atoms with Crippen LogP contribution in [0.4, 0.5) is 0 Å². The number of benzene rings is 1. The summed E-state index contributed by atoms with van der Waals surface area (Å²) in [6.07, 6.45) is 0. The lowest BCUT2D eigenvalue weighted by Crippen LogP contribution is -2.12.